The first-order chi connectivity index (χ1) is 12.6. The Morgan fingerprint density at radius 1 is 1.15 bits per heavy atom. The van der Waals surface area contributed by atoms with Gasteiger partial charge >= 0.3 is 0 Å². The molecule has 0 saturated carbocycles. The lowest BCUT2D eigenvalue weighted by atomic mass is 10.1. The monoisotopic (exact) mass is 361 g/mol. The number of hydrogen-bond donors (Lipinski definition) is 1. The standard InChI is InChI=1S/C21H19N3OS/c1-14-7-9-15(10-8-14)12-22-20(25)17-13-26-21(23-17)19-11-16-5-3-4-6-18(16)24(19)2/h3-11,13H,12H2,1-2H3,(H,22,25). The van der Waals surface area contributed by atoms with Gasteiger partial charge in [-0.05, 0) is 24.6 Å². The fraction of sp³-hybridized carbons (Fsp3) is 0.143. The van der Waals surface area contributed by atoms with E-state index in [0.717, 1.165) is 21.8 Å². The van der Waals surface area contributed by atoms with Gasteiger partial charge < -0.3 is 9.88 Å². The molecule has 0 bridgehead atoms. The third-order valence-corrected chi connectivity index (χ3v) is 5.35. The van der Waals surface area contributed by atoms with Gasteiger partial charge in [0.25, 0.3) is 5.91 Å². The summed E-state index contributed by atoms with van der Waals surface area (Å²) in [5, 5.41) is 6.78. The van der Waals surface area contributed by atoms with E-state index < -0.39 is 0 Å². The van der Waals surface area contributed by atoms with E-state index in [9.17, 15) is 4.79 Å². The minimum absolute atomic E-state index is 0.146. The topological polar surface area (TPSA) is 46.9 Å². The zero-order valence-corrected chi connectivity index (χ0v) is 15.5. The third-order valence-electron chi connectivity index (χ3n) is 4.48. The predicted octanol–water partition coefficient (Wildman–Crippen LogP) is 4.54. The van der Waals surface area contributed by atoms with Gasteiger partial charge in [-0.25, -0.2) is 4.98 Å². The fourth-order valence-corrected chi connectivity index (χ4v) is 3.82. The van der Waals surface area contributed by atoms with Crippen molar-refractivity contribution in [3.63, 3.8) is 0 Å². The molecule has 0 aliphatic carbocycles. The van der Waals surface area contributed by atoms with Crippen LogP contribution >= 0.6 is 11.3 Å². The van der Waals surface area contributed by atoms with Crippen LogP contribution in [0.1, 0.15) is 21.6 Å². The van der Waals surface area contributed by atoms with Crippen molar-refractivity contribution in [1.82, 2.24) is 14.9 Å². The lowest BCUT2D eigenvalue weighted by Gasteiger charge is -2.04. The van der Waals surface area contributed by atoms with Crippen LogP contribution in [0.3, 0.4) is 0 Å². The van der Waals surface area contributed by atoms with E-state index in [0.29, 0.717) is 12.2 Å². The Kier molecular flexibility index (Phi) is 4.31. The van der Waals surface area contributed by atoms with Gasteiger partial charge in [0.2, 0.25) is 0 Å². The first-order valence-electron chi connectivity index (χ1n) is 8.46. The first kappa shape index (κ1) is 16.5. The Labute approximate surface area is 156 Å². The Balaban J connectivity index is 1.52. The Morgan fingerprint density at radius 2 is 1.92 bits per heavy atom. The highest BCUT2D eigenvalue weighted by atomic mass is 32.1. The van der Waals surface area contributed by atoms with Crippen molar-refractivity contribution in [2.24, 2.45) is 7.05 Å². The first-order valence-corrected chi connectivity index (χ1v) is 9.34. The quantitative estimate of drug-likeness (QED) is 0.580. The number of hydrogen-bond acceptors (Lipinski definition) is 3. The molecule has 0 aliphatic rings. The maximum absolute atomic E-state index is 12.4. The smallest absolute Gasteiger partial charge is 0.271 e. The van der Waals surface area contributed by atoms with Gasteiger partial charge in [0, 0.05) is 29.9 Å². The zero-order valence-electron chi connectivity index (χ0n) is 14.7. The molecule has 1 amide bonds. The normalized spacial score (nSPS) is 11.0. The molecule has 4 aromatic rings. The number of nitrogens with zero attached hydrogens (tertiary/aromatic N) is 2. The van der Waals surface area contributed by atoms with Gasteiger partial charge in [0.05, 0.1) is 5.69 Å². The lowest BCUT2D eigenvalue weighted by molar-refractivity contribution is 0.0946. The van der Waals surface area contributed by atoms with Crippen molar-refractivity contribution < 1.29 is 4.79 Å². The average molecular weight is 361 g/mol. The van der Waals surface area contributed by atoms with Crippen molar-refractivity contribution in [2.45, 2.75) is 13.5 Å². The molecule has 0 spiro atoms. The summed E-state index contributed by atoms with van der Waals surface area (Å²) in [6.45, 7) is 2.55. The number of amides is 1. The van der Waals surface area contributed by atoms with Crippen LogP contribution < -0.4 is 5.32 Å². The minimum Gasteiger partial charge on any atom is -0.347 e. The maximum atomic E-state index is 12.4. The molecular weight excluding hydrogens is 342 g/mol. The van der Waals surface area contributed by atoms with Gasteiger partial charge in [-0.2, -0.15) is 0 Å². The number of aryl methyl sites for hydroxylation is 2. The molecule has 0 radical (unpaired) electrons. The summed E-state index contributed by atoms with van der Waals surface area (Å²) in [5.41, 5.74) is 4.92. The van der Waals surface area contributed by atoms with Gasteiger partial charge in [-0.15, -0.1) is 11.3 Å². The molecule has 5 heteroatoms. The van der Waals surface area contributed by atoms with Crippen molar-refractivity contribution in [3.05, 3.63) is 76.8 Å². The van der Waals surface area contributed by atoms with E-state index >= 15 is 0 Å². The summed E-state index contributed by atoms with van der Waals surface area (Å²) in [5.74, 6) is -0.146. The zero-order chi connectivity index (χ0) is 18.1. The summed E-state index contributed by atoms with van der Waals surface area (Å²) >= 11 is 1.49. The number of carbonyl (C=O) groups is 1. The molecule has 2 aromatic heterocycles. The molecule has 2 aromatic carbocycles. The van der Waals surface area contributed by atoms with Crippen LogP contribution in [0, 0.1) is 6.92 Å². The summed E-state index contributed by atoms with van der Waals surface area (Å²) in [7, 11) is 2.02. The van der Waals surface area contributed by atoms with Gasteiger partial charge in [-0.3, -0.25) is 4.79 Å². The highest BCUT2D eigenvalue weighted by Gasteiger charge is 2.15. The van der Waals surface area contributed by atoms with E-state index in [1.165, 1.54) is 22.3 Å². The van der Waals surface area contributed by atoms with Crippen LogP contribution in [0.5, 0.6) is 0 Å². The van der Waals surface area contributed by atoms with Crippen LogP contribution in [0.25, 0.3) is 21.6 Å². The molecule has 0 fully saturated rings. The van der Waals surface area contributed by atoms with E-state index in [-0.39, 0.29) is 5.91 Å². The molecule has 0 saturated heterocycles. The largest absolute Gasteiger partial charge is 0.347 e. The number of fused-ring (bicyclic) bond motifs is 1. The van der Waals surface area contributed by atoms with E-state index in [2.05, 4.69) is 33.1 Å². The van der Waals surface area contributed by atoms with Crippen LogP contribution in [-0.2, 0) is 13.6 Å². The molecule has 1 N–H and O–H groups in total. The molecule has 130 valence electrons. The number of carbonyl (C=O) groups excluding carboxylic acids is 1. The number of thiazole rings is 1. The summed E-state index contributed by atoms with van der Waals surface area (Å²) in [6, 6.07) is 18.5. The number of aromatic nitrogens is 2. The molecular formula is C21H19N3OS. The SMILES string of the molecule is Cc1ccc(CNC(=O)c2csc(-c3cc4ccccc4n3C)n2)cc1. The molecule has 4 nitrogen and oxygen atoms in total. The molecule has 0 aliphatic heterocycles. The lowest BCUT2D eigenvalue weighted by Crippen LogP contribution is -2.23. The molecule has 2 heterocycles. The van der Waals surface area contributed by atoms with Crippen molar-refractivity contribution in [3.8, 4) is 10.7 Å². The highest BCUT2D eigenvalue weighted by molar-refractivity contribution is 7.13. The van der Waals surface area contributed by atoms with Crippen molar-refractivity contribution in [2.75, 3.05) is 0 Å². The molecule has 0 unspecified atom stereocenters. The Morgan fingerprint density at radius 3 is 2.69 bits per heavy atom. The predicted molar refractivity (Wildman–Crippen MR) is 106 cm³/mol. The van der Waals surface area contributed by atoms with Crippen LogP contribution in [0.15, 0.2) is 60.0 Å². The highest BCUT2D eigenvalue weighted by Crippen LogP contribution is 2.29. The van der Waals surface area contributed by atoms with Gasteiger partial charge in [0.1, 0.15) is 10.7 Å². The second-order valence-electron chi connectivity index (χ2n) is 6.35. The minimum atomic E-state index is -0.146. The molecule has 26 heavy (non-hydrogen) atoms. The summed E-state index contributed by atoms with van der Waals surface area (Å²) in [6.07, 6.45) is 0. The second-order valence-corrected chi connectivity index (χ2v) is 7.21. The second kappa shape index (κ2) is 6.77. The summed E-state index contributed by atoms with van der Waals surface area (Å²) < 4.78 is 2.11. The Bertz CT molecular complexity index is 1080. The number of para-hydroxylation sites is 1. The fourth-order valence-electron chi connectivity index (χ4n) is 2.97. The van der Waals surface area contributed by atoms with Crippen molar-refractivity contribution >= 4 is 28.1 Å². The van der Waals surface area contributed by atoms with E-state index in [1.807, 2.05) is 55.7 Å². The van der Waals surface area contributed by atoms with Crippen LogP contribution in [0.4, 0.5) is 0 Å². The van der Waals surface area contributed by atoms with E-state index in [1.54, 1.807) is 0 Å². The van der Waals surface area contributed by atoms with Crippen LogP contribution in [-0.4, -0.2) is 15.5 Å². The van der Waals surface area contributed by atoms with E-state index in [4.69, 9.17) is 0 Å². The number of nitrogens with one attached hydrogen (secondary N) is 1. The Hall–Kier alpha value is -2.92. The number of benzene rings is 2. The average Bonchev–Trinajstić information content (AvgIpc) is 3.26. The summed E-state index contributed by atoms with van der Waals surface area (Å²) in [4.78, 5) is 17.0. The van der Waals surface area contributed by atoms with Gasteiger partial charge in [-0.1, -0.05) is 48.0 Å². The van der Waals surface area contributed by atoms with Crippen LogP contribution in [0.2, 0.25) is 0 Å². The molecule has 0 atom stereocenters. The third kappa shape index (κ3) is 3.13. The number of rotatable bonds is 4. The van der Waals surface area contributed by atoms with Gasteiger partial charge in [0.15, 0.2) is 0 Å². The maximum Gasteiger partial charge on any atom is 0.271 e. The van der Waals surface area contributed by atoms with Crippen molar-refractivity contribution in [1.29, 1.82) is 0 Å². The molecule has 4 rings (SSSR count).